The zero-order valence-electron chi connectivity index (χ0n) is 11.2. The first-order chi connectivity index (χ1) is 9.53. The van der Waals surface area contributed by atoms with Crippen molar-refractivity contribution < 1.29 is 8.42 Å². The normalized spacial score (nSPS) is 11.7. The van der Waals surface area contributed by atoms with Crippen LogP contribution in [0.1, 0.15) is 11.1 Å². The van der Waals surface area contributed by atoms with Gasteiger partial charge in [-0.25, -0.2) is 13.1 Å². The van der Waals surface area contributed by atoms with E-state index in [9.17, 15) is 8.42 Å². The molecule has 0 aliphatic carbocycles. The predicted molar refractivity (Wildman–Crippen MR) is 74.3 cm³/mol. The molecule has 0 atom stereocenters. The van der Waals surface area contributed by atoms with Crippen LogP contribution in [0.4, 0.5) is 0 Å². The summed E-state index contributed by atoms with van der Waals surface area (Å²) in [6.07, 6.45) is 3.22. The molecular weight excluding hydrogens is 278 g/mol. The van der Waals surface area contributed by atoms with Crippen LogP contribution >= 0.6 is 0 Å². The zero-order valence-corrected chi connectivity index (χ0v) is 12.0. The van der Waals surface area contributed by atoms with E-state index in [4.69, 9.17) is 5.73 Å². The fraction of sp³-hybridized carbons (Fsp3) is 0.333. The number of sulfonamides is 1. The predicted octanol–water partition coefficient (Wildman–Crippen LogP) is 0.0237. The SMILES string of the molecule is Cc1cc(S(=O)(=O)NCCn2ccnn2)ccc1CN. The standard InChI is InChI=1S/C12H17N5O2S/c1-10-8-12(3-2-11(10)9-13)20(18,19)15-5-7-17-6-4-14-16-17/h2-4,6,8,15H,5,7,9,13H2,1H3. The molecule has 0 spiro atoms. The van der Waals surface area contributed by atoms with E-state index in [0.29, 0.717) is 13.1 Å². The summed E-state index contributed by atoms with van der Waals surface area (Å²) in [5.74, 6) is 0. The Labute approximate surface area is 117 Å². The highest BCUT2D eigenvalue weighted by atomic mass is 32.2. The molecule has 108 valence electrons. The molecule has 0 saturated carbocycles. The van der Waals surface area contributed by atoms with Crippen LogP contribution in [0.5, 0.6) is 0 Å². The van der Waals surface area contributed by atoms with Gasteiger partial charge >= 0.3 is 0 Å². The number of aromatic nitrogens is 3. The van der Waals surface area contributed by atoms with Gasteiger partial charge in [-0.3, -0.25) is 4.68 Å². The van der Waals surface area contributed by atoms with Gasteiger partial charge in [0.25, 0.3) is 0 Å². The van der Waals surface area contributed by atoms with E-state index in [1.807, 2.05) is 6.92 Å². The molecule has 1 aromatic heterocycles. The van der Waals surface area contributed by atoms with Gasteiger partial charge in [-0.2, -0.15) is 0 Å². The summed E-state index contributed by atoms with van der Waals surface area (Å²) >= 11 is 0. The van der Waals surface area contributed by atoms with Gasteiger partial charge in [-0.15, -0.1) is 5.10 Å². The maximum atomic E-state index is 12.1. The van der Waals surface area contributed by atoms with Crippen molar-refractivity contribution in [2.75, 3.05) is 6.54 Å². The minimum Gasteiger partial charge on any atom is -0.326 e. The van der Waals surface area contributed by atoms with E-state index in [2.05, 4.69) is 15.0 Å². The summed E-state index contributed by atoms with van der Waals surface area (Å²) in [5, 5.41) is 7.41. The quantitative estimate of drug-likeness (QED) is 0.782. The number of nitrogens with zero attached hydrogens (tertiary/aromatic N) is 3. The lowest BCUT2D eigenvalue weighted by atomic mass is 10.1. The lowest BCUT2D eigenvalue weighted by Crippen LogP contribution is -2.27. The minimum absolute atomic E-state index is 0.241. The molecule has 0 fully saturated rings. The highest BCUT2D eigenvalue weighted by Gasteiger charge is 2.14. The van der Waals surface area contributed by atoms with Gasteiger partial charge in [0.15, 0.2) is 0 Å². The molecule has 20 heavy (non-hydrogen) atoms. The largest absolute Gasteiger partial charge is 0.326 e. The minimum atomic E-state index is -3.51. The molecule has 0 unspecified atom stereocenters. The van der Waals surface area contributed by atoms with Crippen molar-refractivity contribution in [2.45, 2.75) is 24.9 Å². The summed E-state index contributed by atoms with van der Waals surface area (Å²) in [7, 11) is -3.51. The zero-order chi connectivity index (χ0) is 14.6. The molecule has 2 rings (SSSR count). The van der Waals surface area contributed by atoms with Gasteiger partial charge in [0.05, 0.1) is 17.6 Å². The molecule has 1 aromatic carbocycles. The molecule has 0 amide bonds. The highest BCUT2D eigenvalue weighted by molar-refractivity contribution is 7.89. The van der Waals surface area contributed by atoms with Crippen LogP contribution in [-0.2, 0) is 23.1 Å². The van der Waals surface area contributed by atoms with Gasteiger partial charge in [-0.05, 0) is 30.2 Å². The maximum Gasteiger partial charge on any atom is 0.240 e. The van der Waals surface area contributed by atoms with Crippen molar-refractivity contribution in [3.05, 3.63) is 41.7 Å². The topological polar surface area (TPSA) is 103 Å². The molecule has 8 heteroatoms. The van der Waals surface area contributed by atoms with Crippen molar-refractivity contribution in [3.63, 3.8) is 0 Å². The van der Waals surface area contributed by atoms with Gasteiger partial charge in [0, 0.05) is 19.3 Å². The van der Waals surface area contributed by atoms with Crippen LogP contribution in [0.15, 0.2) is 35.5 Å². The summed E-state index contributed by atoms with van der Waals surface area (Å²) in [5.41, 5.74) is 7.37. The van der Waals surface area contributed by atoms with Crippen LogP contribution in [0.2, 0.25) is 0 Å². The van der Waals surface area contributed by atoms with E-state index in [1.165, 1.54) is 0 Å². The third-order valence-corrected chi connectivity index (χ3v) is 4.41. The summed E-state index contributed by atoms with van der Waals surface area (Å²) in [6, 6.07) is 4.92. The fourth-order valence-corrected chi connectivity index (χ4v) is 2.90. The molecule has 0 aliphatic heterocycles. The maximum absolute atomic E-state index is 12.1. The molecular formula is C12H17N5O2S. The second-order valence-electron chi connectivity index (χ2n) is 4.36. The molecule has 0 radical (unpaired) electrons. The molecule has 0 saturated heterocycles. The van der Waals surface area contributed by atoms with Crippen molar-refractivity contribution >= 4 is 10.0 Å². The summed E-state index contributed by atoms with van der Waals surface area (Å²) in [6.45, 7) is 2.92. The van der Waals surface area contributed by atoms with Crippen LogP contribution < -0.4 is 10.5 Å². The van der Waals surface area contributed by atoms with Gasteiger partial charge in [-0.1, -0.05) is 11.3 Å². The molecule has 1 heterocycles. The lowest BCUT2D eigenvalue weighted by Gasteiger charge is -2.09. The number of benzene rings is 1. The molecule has 3 N–H and O–H groups in total. The first-order valence-corrected chi connectivity index (χ1v) is 7.64. The number of aryl methyl sites for hydroxylation is 1. The Hall–Kier alpha value is -1.77. The van der Waals surface area contributed by atoms with E-state index in [0.717, 1.165) is 11.1 Å². The number of nitrogens with one attached hydrogen (secondary N) is 1. The van der Waals surface area contributed by atoms with E-state index in [1.54, 1.807) is 35.3 Å². The van der Waals surface area contributed by atoms with Gasteiger partial charge < -0.3 is 5.73 Å². The van der Waals surface area contributed by atoms with Crippen molar-refractivity contribution in [1.82, 2.24) is 19.7 Å². The van der Waals surface area contributed by atoms with Crippen molar-refractivity contribution in [3.8, 4) is 0 Å². The Balaban J connectivity index is 2.04. The molecule has 2 aromatic rings. The van der Waals surface area contributed by atoms with Gasteiger partial charge in [0.1, 0.15) is 0 Å². The van der Waals surface area contributed by atoms with Crippen LogP contribution in [0.3, 0.4) is 0 Å². The fourth-order valence-electron chi connectivity index (χ4n) is 1.79. The second kappa shape index (κ2) is 6.12. The van der Waals surface area contributed by atoms with E-state index >= 15 is 0 Å². The van der Waals surface area contributed by atoms with Gasteiger partial charge in [0.2, 0.25) is 10.0 Å². The summed E-state index contributed by atoms with van der Waals surface area (Å²) < 4.78 is 28.3. The first-order valence-electron chi connectivity index (χ1n) is 6.16. The lowest BCUT2D eigenvalue weighted by molar-refractivity contribution is 0.553. The first kappa shape index (κ1) is 14.6. The third kappa shape index (κ3) is 3.41. The monoisotopic (exact) mass is 295 g/mol. The Kier molecular flexibility index (Phi) is 4.48. The van der Waals surface area contributed by atoms with E-state index < -0.39 is 10.0 Å². The smallest absolute Gasteiger partial charge is 0.240 e. The number of nitrogens with two attached hydrogens (primary N) is 1. The van der Waals surface area contributed by atoms with E-state index in [-0.39, 0.29) is 11.4 Å². The Bertz CT molecular complexity index is 667. The average Bonchev–Trinajstić information content (AvgIpc) is 2.91. The second-order valence-corrected chi connectivity index (χ2v) is 6.12. The number of hydrogen-bond donors (Lipinski definition) is 2. The average molecular weight is 295 g/mol. The Morgan fingerprint density at radius 1 is 1.40 bits per heavy atom. The Morgan fingerprint density at radius 3 is 2.80 bits per heavy atom. The van der Waals surface area contributed by atoms with Crippen molar-refractivity contribution in [2.24, 2.45) is 5.73 Å². The number of hydrogen-bond acceptors (Lipinski definition) is 5. The van der Waals surface area contributed by atoms with Crippen LogP contribution in [-0.4, -0.2) is 30.0 Å². The van der Waals surface area contributed by atoms with Crippen molar-refractivity contribution in [1.29, 1.82) is 0 Å². The molecule has 7 nitrogen and oxygen atoms in total. The third-order valence-electron chi connectivity index (χ3n) is 2.95. The molecule has 0 aliphatic rings. The van der Waals surface area contributed by atoms with Crippen LogP contribution in [0, 0.1) is 6.92 Å². The number of rotatable bonds is 6. The molecule has 0 bridgehead atoms. The Morgan fingerprint density at radius 2 is 2.20 bits per heavy atom. The van der Waals surface area contributed by atoms with Crippen LogP contribution in [0.25, 0.3) is 0 Å². The highest BCUT2D eigenvalue weighted by Crippen LogP contribution is 2.14. The summed E-state index contributed by atoms with van der Waals surface area (Å²) in [4.78, 5) is 0.241.